The molecule has 1 aliphatic rings. The molecule has 0 radical (unpaired) electrons. The molecule has 0 spiro atoms. The van der Waals surface area contributed by atoms with E-state index in [0.717, 1.165) is 37.5 Å². The molecular formula is C22H23Br2NOS3. The van der Waals surface area contributed by atoms with Gasteiger partial charge < -0.3 is 4.90 Å². The van der Waals surface area contributed by atoms with Crippen molar-refractivity contribution >= 4 is 71.8 Å². The van der Waals surface area contributed by atoms with E-state index in [4.69, 9.17) is 0 Å². The van der Waals surface area contributed by atoms with Crippen molar-refractivity contribution in [2.75, 3.05) is 6.54 Å². The summed E-state index contributed by atoms with van der Waals surface area (Å²) in [6.07, 6.45) is 7.49. The summed E-state index contributed by atoms with van der Waals surface area (Å²) in [6.45, 7) is 3.86. The topological polar surface area (TPSA) is 20.3 Å². The molecule has 0 N–H and O–H groups in total. The van der Waals surface area contributed by atoms with Gasteiger partial charge in [-0.05, 0) is 62.5 Å². The summed E-state index contributed by atoms with van der Waals surface area (Å²) >= 11 is 12.4. The van der Waals surface area contributed by atoms with Gasteiger partial charge in [0.25, 0.3) is 5.91 Å². The molecule has 3 aromatic heterocycles. The van der Waals surface area contributed by atoms with Gasteiger partial charge in [0.1, 0.15) is 0 Å². The Balaban J connectivity index is 1.58. The van der Waals surface area contributed by atoms with Crippen molar-refractivity contribution in [3.05, 3.63) is 43.0 Å². The number of hydrogen-bond donors (Lipinski definition) is 0. The number of thiophene rings is 3. The molecule has 1 aliphatic heterocycles. The van der Waals surface area contributed by atoms with Crippen LogP contribution in [0.3, 0.4) is 0 Å². The summed E-state index contributed by atoms with van der Waals surface area (Å²) in [5.74, 6) is 0.214. The Hall–Kier alpha value is -0.470. The molecule has 4 rings (SSSR count). The fourth-order valence-electron chi connectivity index (χ4n) is 3.77. The molecule has 0 aromatic carbocycles. The Kier molecular flexibility index (Phi) is 7.33. The molecule has 0 unspecified atom stereocenters. The number of hydrogen-bond acceptors (Lipinski definition) is 4. The van der Waals surface area contributed by atoms with Crippen molar-refractivity contribution < 1.29 is 4.79 Å². The largest absolute Gasteiger partial charge is 0.334 e. The summed E-state index contributed by atoms with van der Waals surface area (Å²) < 4.78 is 2.23. The van der Waals surface area contributed by atoms with Crippen LogP contribution in [-0.4, -0.2) is 17.4 Å². The number of nitrogens with zero attached hydrogens (tertiary/aromatic N) is 1. The molecule has 0 bridgehead atoms. The SMILES string of the molecule is CCCCCCCCN1Cc2c(-c3ccc(Br)s3)sc(-c3ccc(Br)s3)c2C1=O. The first-order chi connectivity index (χ1) is 14.1. The van der Waals surface area contributed by atoms with Gasteiger partial charge in [0.2, 0.25) is 0 Å². The van der Waals surface area contributed by atoms with E-state index in [2.05, 4.69) is 67.9 Å². The van der Waals surface area contributed by atoms with Crippen LogP contribution in [0.4, 0.5) is 0 Å². The molecule has 0 fully saturated rings. The van der Waals surface area contributed by atoms with Gasteiger partial charge in [0.15, 0.2) is 0 Å². The second-order valence-electron chi connectivity index (χ2n) is 7.32. The predicted octanol–water partition coefficient (Wildman–Crippen LogP) is 9.05. The summed E-state index contributed by atoms with van der Waals surface area (Å²) in [5, 5.41) is 0. The van der Waals surface area contributed by atoms with E-state index in [1.54, 1.807) is 34.0 Å². The molecule has 0 saturated heterocycles. The highest BCUT2D eigenvalue weighted by atomic mass is 79.9. The Morgan fingerprint density at radius 1 is 0.862 bits per heavy atom. The van der Waals surface area contributed by atoms with Gasteiger partial charge in [-0.15, -0.1) is 34.0 Å². The molecule has 0 atom stereocenters. The van der Waals surface area contributed by atoms with Crippen LogP contribution in [0.15, 0.2) is 31.8 Å². The average Bonchev–Trinajstić information content (AvgIpc) is 3.45. The number of carbonyl (C=O) groups is 1. The average molecular weight is 573 g/mol. The Labute approximate surface area is 201 Å². The first kappa shape index (κ1) is 21.8. The summed E-state index contributed by atoms with van der Waals surface area (Å²) in [7, 11) is 0. The molecule has 0 aliphatic carbocycles. The molecule has 2 nitrogen and oxygen atoms in total. The van der Waals surface area contributed by atoms with Crippen LogP contribution >= 0.6 is 65.9 Å². The number of rotatable bonds is 9. The zero-order valence-corrected chi connectivity index (χ0v) is 21.9. The molecule has 3 aromatic rings. The van der Waals surface area contributed by atoms with Crippen LogP contribution in [-0.2, 0) is 6.54 Å². The van der Waals surface area contributed by atoms with Gasteiger partial charge in [0, 0.05) is 28.4 Å². The smallest absolute Gasteiger partial charge is 0.256 e. The molecule has 1 amide bonds. The highest BCUT2D eigenvalue weighted by Gasteiger charge is 2.35. The van der Waals surface area contributed by atoms with Crippen molar-refractivity contribution in [3.8, 4) is 19.5 Å². The van der Waals surface area contributed by atoms with E-state index in [9.17, 15) is 4.79 Å². The number of unbranched alkanes of at least 4 members (excludes halogenated alkanes) is 5. The lowest BCUT2D eigenvalue weighted by atomic mass is 10.1. The highest BCUT2D eigenvalue weighted by molar-refractivity contribution is 9.11. The van der Waals surface area contributed by atoms with E-state index < -0.39 is 0 Å². The van der Waals surface area contributed by atoms with Crippen LogP contribution in [0, 0.1) is 0 Å². The van der Waals surface area contributed by atoms with Crippen LogP contribution < -0.4 is 0 Å². The van der Waals surface area contributed by atoms with E-state index in [-0.39, 0.29) is 5.91 Å². The third-order valence-corrected chi connectivity index (χ3v) is 10.1. The third kappa shape index (κ3) is 4.74. The van der Waals surface area contributed by atoms with Crippen molar-refractivity contribution in [3.63, 3.8) is 0 Å². The van der Waals surface area contributed by atoms with Gasteiger partial charge in [-0.2, -0.15) is 0 Å². The normalized spacial score (nSPS) is 13.5. The maximum atomic E-state index is 13.3. The molecule has 4 heterocycles. The van der Waals surface area contributed by atoms with Gasteiger partial charge in [-0.1, -0.05) is 39.0 Å². The first-order valence-electron chi connectivity index (χ1n) is 10.0. The van der Waals surface area contributed by atoms with E-state index in [1.807, 2.05) is 0 Å². The lowest BCUT2D eigenvalue weighted by Crippen LogP contribution is -2.25. The van der Waals surface area contributed by atoms with E-state index >= 15 is 0 Å². The van der Waals surface area contributed by atoms with Gasteiger partial charge in [-0.3, -0.25) is 4.79 Å². The molecule has 0 saturated carbocycles. The van der Waals surface area contributed by atoms with E-state index in [0.29, 0.717) is 0 Å². The number of halogens is 2. The van der Waals surface area contributed by atoms with Crippen LogP contribution in [0.5, 0.6) is 0 Å². The minimum Gasteiger partial charge on any atom is -0.334 e. The Morgan fingerprint density at radius 3 is 2.10 bits per heavy atom. The summed E-state index contributed by atoms with van der Waals surface area (Å²) in [6, 6.07) is 8.45. The summed E-state index contributed by atoms with van der Waals surface area (Å²) in [4.78, 5) is 20.2. The van der Waals surface area contributed by atoms with Crippen LogP contribution in [0.25, 0.3) is 19.5 Å². The van der Waals surface area contributed by atoms with E-state index in [1.165, 1.54) is 52.3 Å². The van der Waals surface area contributed by atoms with Gasteiger partial charge in [0.05, 0.1) is 22.9 Å². The number of carbonyl (C=O) groups excluding carboxylic acids is 1. The van der Waals surface area contributed by atoms with Crippen molar-refractivity contribution in [2.24, 2.45) is 0 Å². The lowest BCUT2D eigenvalue weighted by Gasteiger charge is -2.16. The second-order valence-corrected chi connectivity index (χ2v) is 13.3. The van der Waals surface area contributed by atoms with Crippen molar-refractivity contribution in [1.82, 2.24) is 4.90 Å². The third-order valence-electron chi connectivity index (χ3n) is 5.23. The first-order valence-corrected chi connectivity index (χ1v) is 14.1. The maximum Gasteiger partial charge on any atom is 0.256 e. The zero-order chi connectivity index (χ0) is 20.4. The Morgan fingerprint density at radius 2 is 1.48 bits per heavy atom. The highest BCUT2D eigenvalue weighted by Crippen LogP contribution is 2.49. The molecule has 7 heteroatoms. The van der Waals surface area contributed by atoms with Crippen LogP contribution in [0.1, 0.15) is 61.4 Å². The quantitative estimate of drug-likeness (QED) is 0.234. The lowest BCUT2D eigenvalue weighted by molar-refractivity contribution is 0.0776. The fraction of sp³-hybridized carbons (Fsp3) is 0.409. The minimum absolute atomic E-state index is 0.214. The summed E-state index contributed by atoms with van der Waals surface area (Å²) in [5.41, 5.74) is 2.16. The molecular weight excluding hydrogens is 550 g/mol. The molecule has 29 heavy (non-hydrogen) atoms. The number of fused-ring (bicyclic) bond motifs is 1. The Bertz CT molecular complexity index is 1000. The van der Waals surface area contributed by atoms with Gasteiger partial charge in [-0.25, -0.2) is 0 Å². The number of amides is 1. The predicted molar refractivity (Wildman–Crippen MR) is 134 cm³/mol. The monoisotopic (exact) mass is 571 g/mol. The maximum absolute atomic E-state index is 13.3. The second kappa shape index (κ2) is 9.77. The van der Waals surface area contributed by atoms with Gasteiger partial charge >= 0.3 is 0 Å². The van der Waals surface area contributed by atoms with Crippen LogP contribution in [0.2, 0.25) is 0 Å². The van der Waals surface area contributed by atoms with Crippen molar-refractivity contribution in [2.45, 2.75) is 52.0 Å². The standard InChI is InChI=1S/C22H23Br2NOS3/c1-2-3-4-5-6-7-12-25-13-14-19(22(25)26)21(16-9-11-18(24)28-16)29-20(14)15-8-10-17(23)27-15/h8-11H,2-7,12-13H2,1H3. The zero-order valence-electron chi connectivity index (χ0n) is 16.3. The molecule has 154 valence electrons. The minimum atomic E-state index is 0.214. The fourth-order valence-corrected chi connectivity index (χ4v) is 8.10. The van der Waals surface area contributed by atoms with Crippen molar-refractivity contribution in [1.29, 1.82) is 0 Å².